The molecule has 0 unspecified atom stereocenters. The van der Waals surface area contributed by atoms with Crippen molar-refractivity contribution in [3.63, 3.8) is 0 Å². The van der Waals surface area contributed by atoms with Gasteiger partial charge in [0.15, 0.2) is 6.04 Å². The van der Waals surface area contributed by atoms with Crippen molar-refractivity contribution in [1.29, 1.82) is 0 Å². The first kappa shape index (κ1) is 20.9. The van der Waals surface area contributed by atoms with Crippen molar-refractivity contribution < 1.29 is 36.2 Å². The van der Waals surface area contributed by atoms with Gasteiger partial charge in [-0.05, 0) is 28.8 Å². The van der Waals surface area contributed by atoms with Gasteiger partial charge in [-0.1, -0.05) is 48.5 Å². The molecule has 1 aliphatic heterocycles. The van der Waals surface area contributed by atoms with Gasteiger partial charge in [-0.25, -0.2) is 9.10 Å². The van der Waals surface area contributed by atoms with Crippen LogP contribution in [-0.4, -0.2) is 37.7 Å². The third kappa shape index (κ3) is 4.13. The highest BCUT2D eigenvalue weighted by molar-refractivity contribution is 8.06. The molecular formula is C19H16F3NO5S. The van der Waals surface area contributed by atoms with E-state index in [2.05, 4.69) is 0 Å². The van der Waals surface area contributed by atoms with Crippen LogP contribution in [0.4, 0.5) is 23.7 Å². The fourth-order valence-electron chi connectivity index (χ4n) is 2.99. The lowest BCUT2D eigenvalue weighted by atomic mass is 9.97. The maximum atomic E-state index is 13.8. The van der Waals surface area contributed by atoms with E-state index in [9.17, 15) is 31.5 Å². The van der Waals surface area contributed by atoms with Gasteiger partial charge in [-0.15, -0.1) is 0 Å². The quantitative estimate of drug-likeness (QED) is 0.756. The van der Waals surface area contributed by atoms with E-state index in [0.717, 1.165) is 12.1 Å². The van der Waals surface area contributed by atoms with Crippen LogP contribution in [0.5, 0.6) is 0 Å². The zero-order chi connectivity index (χ0) is 21.2. The van der Waals surface area contributed by atoms with Crippen LogP contribution in [0.1, 0.15) is 11.1 Å². The van der Waals surface area contributed by atoms with Crippen LogP contribution >= 0.6 is 0 Å². The van der Waals surface area contributed by atoms with Gasteiger partial charge in [0.2, 0.25) is 0 Å². The fraction of sp³-hybridized carbons (Fsp3) is 0.211. The smallest absolute Gasteiger partial charge is 0.445 e. The Labute approximate surface area is 164 Å². The molecule has 154 valence electrons. The number of alkyl halides is 3. The van der Waals surface area contributed by atoms with Gasteiger partial charge in [0.25, 0.3) is 0 Å². The van der Waals surface area contributed by atoms with Gasteiger partial charge >= 0.3 is 21.5 Å². The number of aliphatic hydroxyl groups excluding tert-OH is 1. The molecule has 0 saturated heterocycles. The van der Waals surface area contributed by atoms with E-state index in [1.165, 1.54) is 18.2 Å². The Hall–Kier alpha value is -2.85. The molecule has 1 heterocycles. The molecule has 0 bridgehead atoms. The van der Waals surface area contributed by atoms with Crippen molar-refractivity contribution in [2.45, 2.75) is 18.8 Å². The summed E-state index contributed by atoms with van der Waals surface area (Å²) in [5.41, 5.74) is -0.339. The van der Waals surface area contributed by atoms with E-state index in [0.29, 0.717) is 5.56 Å². The van der Waals surface area contributed by atoms with Crippen molar-refractivity contribution in [3.8, 4) is 0 Å². The molecule has 0 fully saturated rings. The van der Waals surface area contributed by atoms with Gasteiger partial charge in [0.05, 0.1) is 12.3 Å². The third-order valence-corrected chi connectivity index (χ3v) is 5.73. The van der Waals surface area contributed by atoms with Crippen LogP contribution in [0.3, 0.4) is 0 Å². The normalized spacial score (nSPS) is 16.8. The number of carbonyl (C=O) groups excluding carboxylic acids is 1. The summed E-state index contributed by atoms with van der Waals surface area (Å²) in [7, 11) is -5.22. The molecule has 0 spiro atoms. The number of rotatable bonds is 4. The van der Waals surface area contributed by atoms with Gasteiger partial charge in [0, 0.05) is 0 Å². The Morgan fingerprint density at radius 1 is 1.07 bits per heavy atom. The van der Waals surface area contributed by atoms with Crippen LogP contribution in [-0.2, 0) is 21.4 Å². The number of aliphatic hydroxyl groups is 1. The molecule has 0 amide bonds. The maximum absolute atomic E-state index is 13.8. The van der Waals surface area contributed by atoms with Gasteiger partial charge < -0.3 is 9.84 Å². The standard InChI is InChI=1S/C19H16F3NO5S/c20-19(21,22)17-15(11-24)10-14-8-4-5-9-16(14)23(17)29(26,27)18(25)28-12-13-6-2-1-3-7-13/h1-10,17,24H,11-12H2/t17-/m0/s1. The topological polar surface area (TPSA) is 83.9 Å². The van der Waals surface area contributed by atoms with E-state index in [1.807, 2.05) is 0 Å². The zero-order valence-corrected chi connectivity index (χ0v) is 15.7. The highest BCUT2D eigenvalue weighted by Gasteiger charge is 2.54. The van der Waals surface area contributed by atoms with Crippen LogP contribution < -0.4 is 4.31 Å². The van der Waals surface area contributed by atoms with E-state index >= 15 is 0 Å². The number of hydrogen-bond acceptors (Lipinski definition) is 5. The van der Waals surface area contributed by atoms with Crippen LogP contribution in [0, 0.1) is 0 Å². The summed E-state index contributed by atoms with van der Waals surface area (Å²) >= 11 is 0. The number of fused-ring (bicyclic) bond motifs is 1. The summed E-state index contributed by atoms with van der Waals surface area (Å²) in [5, 5.41) is 7.60. The summed E-state index contributed by atoms with van der Waals surface area (Å²) in [6.45, 7) is -1.46. The molecule has 0 aromatic heterocycles. The van der Waals surface area contributed by atoms with Crippen LogP contribution in [0.25, 0.3) is 6.08 Å². The second-order valence-corrected chi connectivity index (χ2v) is 7.88. The van der Waals surface area contributed by atoms with Crippen LogP contribution in [0.15, 0.2) is 60.2 Å². The number of halogens is 3. The molecule has 0 saturated carbocycles. The molecule has 3 rings (SSSR count). The molecule has 1 N–H and O–H groups in total. The van der Waals surface area contributed by atoms with Crippen molar-refractivity contribution in [2.75, 3.05) is 10.9 Å². The number of para-hydroxylation sites is 1. The third-order valence-electron chi connectivity index (χ3n) is 4.26. The largest absolute Gasteiger partial charge is 0.448 e. The monoisotopic (exact) mass is 427 g/mol. The van der Waals surface area contributed by atoms with E-state index in [-0.39, 0.29) is 15.6 Å². The van der Waals surface area contributed by atoms with Crippen molar-refractivity contribution in [3.05, 3.63) is 71.3 Å². The fourth-order valence-corrected chi connectivity index (χ4v) is 4.32. The summed E-state index contributed by atoms with van der Waals surface area (Å²) in [4.78, 5) is 12.3. The number of benzene rings is 2. The van der Waals surface area contributed by atoms with E-state index in [4.69, 9.17) is 4.74 Å². The lowest BCUT2D eigenvalue weighted by molar-refractivity contribution is -0.138. The Morgan fingerprint density at radius 3 is 2.31 bits per heavy atom. The van der Waals surface area contributed by atoms with Gasteiger partial charge in [-0.2, -0.15) is 21.6 Å². The Bertz CT molecular complexity index is 1040. The summed E-state index contributed by atoms with van der Waals surface area (Å²) in [5.74, 6) is 0. The molecular weight excluding hydrogens is 411 g/mol. The summed E-state index contributed by atoms with van der Waals surface area (Å²) < 4.78 is 71.7. The number of sulfonamides is 1. The minimum atomic E-state index is -5.22. The number of hydrogen-bond donors (Lipinski definition) is 1. The molecule has 1 aliphatic rings. The molecule has 6 nitrogen and oxygen atoms in total. The first-order valence-electron chi connectivity index (χ1n) is 8.38. The minimum Gasteiger partial charge on any atom is -0.448 e. The van der Waals surface area contributed by atoms with Crippen LogP contribution in [0.2, 0.25) is 0 Å². The summed E-state index contributed by atoms with van der Waals surface area (Å²) in [6, 6.07) is 10.8. The first-order chi connectivity index (χ1) is 13.7. The summed E-state index contributed by atoms with van der Waals surface area (Å²) in [6.07, 6.45) is -4.01. The van der Waals surface area contributed by atoms with Crippen molar-refractivity contribution >= 4 is 27.1 Å². The second kappa shape index (κ2) is 7.88. The van der Waals surface area contributed by atoms with E-state index in [1.54, 1.807) is 30.3 Å². The molecule has 2 aromatic carbocycles. The molecule has 10 heteroatoms. The average Bonchev–Trinajstić information content (AvgIpc) is 2.70. The zero-order valence-electron chi connectivity index (χ0n) is 14.8. The lowest BCUT2D eigenvalue weighted by Crippen LogP contribution is -2.54. The molecule has 2 aromatic rings. The molecule has 1 atom stereocenters. The average molecular weight is 427 g/mol. The molecule has 0 radical (unpaired) electrons. The Morgan fingerprint density at radius 2 is 1.69 bits per heavy atom. The molecule has 29 heavy (non-hydrogen) atoms. The van der Waals surface area contributed by atoms with Crippen molar-refractivity contribution in [1.82, 2.24) is 0 Å². The Kier molecular flexibility index (Phi) is 5.67. The minimum absolute atomic E-state index is 0.0266. The predicted octanol–water partition coefficient (Wildman–Crippen LogP) is 3.48. The lowest BCUT2D eigenvalue weighted by Gasteiger charge is -2.37. The SMILES string of the molecule is O=C(OCc1ccccc1)S(=O)(=O)N1c2ccccc2C=C(CO)[C@H]1C(F)(F)F. The van der Waals surface area contributed by atoms with E-state index < -0.39 is 46.3 Å². The predicted molar refractivity (Wildman–Crippen MR) is 99.4 cm³/mol. The highest BCUT2D eigenvalue weighted by atomic mass is 32.2. The maximum Gasteiger partial charge on any atom is 0.445 e. The first-order valence-corrected chi connectivity index (χ1v) is 9.82. The Balaban J connectivity index is 2.02. The van der Waals surface area contributed by atoms with Crippen molar-refractivity contribution in [2.24, 2.45) is 0 Å². The van der Waals surface area contributed by atoms with Gasteiger partial charge in [0.1, 0.15) is 6.61 Å². The van der Waals surface area contributed by atoms with Gasteiger partial charge in [-0.3, -0.25) is 0 Å². The second-order valence-electron chi connectivity index (χ2n) is 6.21. The molecule has 0 aliphatic carbocycles. The number of nitrogens with zero attached hydrogens (tertiary/aromatic N) is 1. The highest BCUT2D eigenvalue weighted by Crippen LogP contribution is 2.41. The number of anilines is 1. The number of carbonyl (C=O) groups is 1. The number of ether oxygens (including phenoxy) is 1.